The van der Waals surface area contributed by atoms with E-state index in [-0.39, 0.29) is 16.9 Å². The lowest BCUT2D eigenvalue weighted by atomic mass is 10.0. The summed E-state index contributed by atoms with van der Waals surface area (Å²) in [5, 5.41) is 2.15. The van der Waals surface area contributed by atoms with E-state index in [1.54, 1.807) is 12.1 Å². The topological polar surface area (TPSA) is 63.2 Å². The molecule has 1 aromatic rings. The molecule has 70 valence electrons. The van der Waals surface area contributed by atoms with Crippen LogP contribution in [0.4, 0.5) is 0 Å². The number of hydrogen-bond donors (Lipinski definition) is 1. The summed E-state index contributed by atoms with van der Waals surface area (Å²) in [6.45, 7) is 1.37. The minimum absolute atomic E-state index is 0.199. The number of ketones is 1. The van der Waals surface area contributed by atoms with Gasteiger partial charge in [-0.1, -0.05) is 12.1 Å². The molecule has 1 N–H and O–H groups in total. The van der Waals surface area contributed by atoms with Crippen LogP contribution >= 0.6 is 0 Å². The largest absolute Gasteiger partial charge is 0.294 e. The number of imide groups is 1. The zero-order valence-corrected chi connectivity index (χ0v) is 7.46. The molecule has 14 heavy (non-hydrogen) atoms. The summed E-state index contributed by atoms with van der Waals surface area (Å²) in [5.74, 6) is -1.14. The SMILES string of the molecule is CC(=O)c1cccc2c1C(=O)NC2=O. The van der Waals surface area contributed by atoms with E-state index in [2.05, 4.69) is 5.32 Å². The van der Waals surface area contributed by atoms with Crippen molar-refractivity contribution in [1.29, 1.82) is 0 Å². The van der Waals surface area contributed by atoms with Crippen LogP contribution in [-0.2, 0) is 0 Å². The summed E-state index contributed by atoms with van der Waals surface area (Å²) in [5.41, 5.74) is 0.776. The van der Waals surface area contributed by atoms with Gasteiger partial charge in [0.2, 0.25) is 0 Å². The molecule has 0 atom stereocenters. The molecule has 2 rings (SSSR count). The molecule has 0 saturated carbocycles. The lowest BCUT2D eigenvalue weighted by Gasteiger charge is -1.99. The summed E-state index contributed by atoms with van der Waals surface area (Å²) in [6, 6.07) is 4.66. The summed E-state index contributed by atoms with van der Waals surface area (Å²) in [7, 11) is 0. The second-order valence-corrected chi connectivity index (χ2v) is 3.07. The number of carbonyl (C=O) groups is 3. The van der Waals surface area contributed by atoms with Crippen LogP contribution in [0.15, 0.2) is 18.2 Å². The number of fused-ring (bicyclic) bond motifs is 1. The van der Waals surface area contributed by atoms with E-state index < -0.39 is 11.8 Å². The molecule has 2 amide bonds. The van der Waals surface area contributed by atoms with E-state index in [0.29, 0.717) is 5.56 Å². The highest BCUT2D eigenvalue weighted by molar-refractivity contribution is 6.25. The van der Waals surface area contributed by atoms with Gasteiger partial charge in [-0.05, 0) is 13.0 Å². The van der Waals surface area contributed by atoms with Crippen LogP contribution < -0.4 is 5.32 Å². The first-order chi connectivity index (χ1) is 6.61. The molecule has 0 spiro atoms. The first-order valence-electron chi connectivity index (χ1n) is 4.11. The fourth-order valence-electron chi connectivity index (χ4n) is 1.51. The van der Waals surface area contributed by atoms with Crippen molar-refractivity contribution in [2.75, 3.05) is 0 Å². The van der Waals surface area contributed by atoms with Gasteiger partial charge in [-0.25, -0.2) is 0 Å². The fraction of sp³-hybridized carbons (Fsp3) is 0.100. The molecule has 4 nitrogen and oxygen atoms in total. The molecule has 4 heteroatoms. The van der Waals surface area contributed by atoms with Gasteiger partial charge in [-0.2, -0.15) is 0 Å². The third kappa shape index (κ3) is 1.04. The van der Waals surface area contributed by atoms with Crippen LogP contribution in [-0.4, -0.2) is 17.6 Å². The third-order valence-corrected chi connectivity index (χ3v) is 2.14. The predicted octanol–water partition coefficient (Wildman–Crippen LogP) is 0.773. The maximum absolute atomic E-state index is 11.3. The molecule has 0 aliphatic carbocycles. The first-order valence-corrected chi connectivity index (χ1v) is 4.11. The Balaban J connectivity index is 2.74. The van der Waals surface area contributed by atoms with Crippen LogP contribution in [0.3, 0.4) is 0 Å². The average Bonchev–Trinajstić information content (AvgIpc) is 2.43. The summed E-state index contributed by atoms with van der Waals surface area (Å²) in [4.78, 5) is 33.7. The molecule has 1 aliphatic heterocycles. The van der Waals surface area contributed by atoms with E-state index in [1.165, 1.54) is 13.0 Å². The normalized spacial score (nSPS) is 13.8. The number of rotatable bonds is 1. The van der Waals surface area contributed by atoms with Gasteiger partial charge < -0.3 is 0 Å². The zero-order chi connectivity index (χ0) is 10.3. The summed E-state index contributed by atoms with van der Waals surface area (Å²) < 4.78 is 0. The molecule has 0 radical (unpaired) electrons. The second kappa shape index (κ2) is 2.77. The molecule has 0 fully saturated rings. The number of Topliss-reactive ketones (excluding diaryl/α,β-unsaturated/α-hetero) is 1. The lowest BCUT2D eigenvalue weighted by molar-refractivity contribution is 0.0875. The molecule has 0 saturated heterocycles. The Hall–Kier alpha value is -1.97. The second-order valence-electron chi connectivity index (χ2n) is 3.07. The van der Waals surface area contributed by atoms with Gasteiger partial charge in [0.15, 0.2) is 5.78 Å². The highest BCUT2D eigenvalue weighted by Gasteiger charge is 2.29. The van der Waals surface area contributed by atoms with Crippen LogP contribution in [0.1, 0.15) is 38.0 Å². The number of hydrogen-bond acceptors (Lipinski definition) is 3. The Morgan fingerprint density at radius 1 is 1.21 bits per heavy atom. The van der Waals surface area contributed by atoms with Crippen molar-refractivity contribution in [2.45, 2.75) is 6.92 Å². The minimum Gasteiger partial charge on any atom is -0.294 e. The van der Waals surface area contributed by atoms with Gasteiger partial charge in [0, 0.05) is 5.56 Å². The van der Waals surface area contributed by atoms with Crippen molar-refractivity contribution in [2.24, 2.45) is 0 Å². The van der Waals surface area contributed by atoms with Crippen LogP contribution in [0.5, 0.6) is 0 Å². The number of benzene rings is 1. The van der Waals surface area contributed by atoms with Gasteiger partial charge in [0.1, 0.15) is 0 Å². The Kier molecular flexibility index (Phi) is 1.70. The highest BCUT2D eigenvalue weighted by atomic mass is 16.2. The van der Waals surface area contributed by atoms with Crippen molar-refractivity contribution >= 4 is 17.6 Å². The van der Waals surface area contributed by atoms with Gasteiger partial charge in [-0.3, -0.25) is 19.7 Å². The van der Waals surface area contributed by atoms with Crippen molar-refractivity contribution < 1.29 is 14.4 Å². The number of amides is 2. The summed E-state index contributed by atoms with van der Waals surface area (Å²) >= 11 is 0. The minimum atomic E-state index is -0.490. The van der Waals surface area contributed by atoms with Crippen LogP contribution in [0.2, 0.25) is 0 Å². The predicted molar refractivity (Wildman–Crippen MR) is 48.2 cm³/mol. The smallest absolute Gasteiger partial charge is 0.259 e. The van der Waals surface area contributed by atoms with Gasteiger partial charge in [0.05, 0.1) is 11.1 Å². The third-order valence-electron chi connectivity index (χ3n) is 2.14. The molecular weight excluding hydrogens is 182 g/mol. The van der Waals surface area contributed by atoms with Gasteiger partial charge in [-0.15, -0.1) is 0 Å². The van der Waals surface area contributed by atoms with Crippen molar-refractivity contribution in [1.82, 2.24) is 5.32 Å². The highest BCUT2D eigenvalue weighted by Crippen LogP contribution is 2.20. The van der Waals surface area contributed by atoms with E-state index >= 15 is 0 Å². The molecule has 1 aliphatic rings. The molecule has 0 bridgehead atoms. The Bertz CT molecular complexity index is 462. The molecule has 0 unspecified atom stereocenters. The zero-order valence-electron chi connectivity index (χ0n) is 7.46. The monoisotopic (exact) mass is 189 g/mol. The quantitative estimate of drug-likeness (QED) is 0.524. The van der Waals surface area contributed by atoms with Crippen molar-refractivity contribution in [3.8, 4) is 0 Å². The average molecular weight is 189 g/mol. The van der Waals surface area contributed by atoms with Gasteiger partial charge >= 0.3 is 0 Å². The Morgan fingerprint density at radius 2 is 1.93 bits per heavy atom. The van der Waals surface area contributed by atoms with E-state index in [9.17, 15) is 14.4 Å². The molecular formula is C10H7NO3. The van der Waals surface area contributed by atoms with Crippen molar-refractivity contribution in [3.63, 3.8) is 0 Å². The maximum Gasteiger partial charge on any atom is 0.259 e. The molecule has 0 aromatic heterocycles. The van der Waals surface area contributed by atoms with E-state index in [4.69, 9.17) is 0 Å². The lowest BCUT2D eigenvalue weighted by Crippen LogP contribution is -2.20. The number of nitrogens with one attached hydrogen (secondary N) is 1. The van der Waals surface area contributed by atoms with Crippen LogP contribution in [0.25, 0.3) is 0 Å². The number of carbonyl (C=O) groups excluding carboxylic acids is 3. The fourth-order valence-corrected chi connectivity index (χ4v) is 1.51. The standard InChI is InChI=1S/C10H7NO3/c1-5(12)6-3-2-4-7-8(6)10(14)11-9(7)13/h2-4H,1H3,(H,11,13,14). The Labute approximate surface area is 79.9 Å². The maximum atomic E-state index is 11.3. The first kappa shape index (κ1) is 8.62. The van der Waals surface area contributed by atoms with E-state index in [1.807, 2.05) is 0 Å². The van der Waals surface area contributed by atoms with Gasteiger partial charge in [0.25, 0.3) is 11.8 Å². The van der Waals surface area contributed by atoms with Crippen molar-refractivity contribution in [3.05, 3.63) is 34.9 Å². The van der Waals surface area contributed by atoms with E-state index in [0.717, 1.165) is 0 Å². The Morgan fingerprint density at radius 3 is 2.57 bits per heavy atom. The molecule has 1 aromatic carbocycles. The van der Waals surface area contributed by atoms with Crippen LogP contribution in [0, 0.1) is 0 Å². The summed E-state index contributed by atoms with van der Waals surface area (Å²) in [6.07, 6.45) is 0. The molecule has 1 heterocycles.